The summed E-state index contributed by atoms with van der Waals surface area (Å²) < 4.78 is 0. The van der Waals surface area contributed by atoms with Crippen molar-refractivity contribution in [2.45, 2.75) is 13.1 Å². The molecular weight excluding hydrogens is 212 g/mol. The van der Waals surface area contributed by atoms with Crippen LogP contribution in [0, 0.1) is 6.92 Å². The summed E-state index contributed by atoms with van der Waals surface area (Å²) in [4.78, 5) is 8.99. The average molecular weight is 224 g/mol. The maximum Gasteiger partial charge on any atom is 0.170 e. The van der Waals surface area contributed by atoms with Crippen LogP contribution in [0.25, 0.3) is 0 Å². The molecule has 17 heavy (non-hydrogen) atoms. The molecule has 1 N–H and O–H groups in total. The fourth-order valence-electron chi connectivity index (χ4n) is 1.99. The van der Waals surface area contributed by atoms with Gasteiger partial charge in [-0.15, -0.1) is 0 Å². The lowest BCUT2D eigenvalue weighted by atomic mass is 10.1. The van der Waals surface area contributed by atoms with Crippen molar-refractivity contribution < 1.29 is 5.11 Å². The van der Waals surface area contributed by atoms with Gasteiger partial charge in [-0.1, -0.05) is 23.8 Å². The second kappa shape index (κ2) is 3.70. The minimum Gasteiger partial charge on any atom is -0.508 e. The van der Waals surface area contributed by atoms with E-state index in [1.807, 2.05) is 43.3 Å². The van der Waals surface area contributed by atoms with E-state index in [2.05, 4.69) is 9.98 Å². The first-order chi connectivity index (χ1) is 8.24. The van der Waals surface area contributed by atoms with Crippen molar-refractivity contribution in [2.75, 3.05) is 0 Å². The topological polar surface area (TPSA) is 45.0 Å². The van der Waals surface area contributed by atoms with Gasteiger partial charge in [0.05, 0.1) is 10.7 Å². The summed E-state index contributed by atoms with van der Waals surface area (Å²) in [5, 5.41) is 11.6. The first-order valence-electron chi connectivity index (χ1n) is 5.54. The normalized spacial score (nSPS) is 13.9. The molecule has 0 aliphatic carbocycles. The third kappa shape index (κ3) is 1.69. The van der Waals surface area contributed by atoms with Gasteiger partial charge < -0.3 is 5.11 Å². The summed E-state index contributed by atoms with van der Waals surface area (Å²) >= 11 is 0. The Bertz CT molecular complexity index is 657. The Labute approximate surface area is 98.8 Å². The Morgan fingerprint density at radius 1 is 1.00 bits per heavy atom. The molecule has 0 atom stereocenters. The van der Waals surface area contributed by atoms with Crippen LogP contribution < -0.4 is 10.7 Å². The molecule has 84 valence electrons. The molecule has 1 aliphatic heterocycles. The van der Waals surface area contributed by atoms with E-state index in [0.717, 1.165) is 21.8 Å². The number of para-hydroxylation sites is 2. The summed E-state index contributed by atoms with van der Waals surface area (Å²) in [6.07, 6.45) is -0.313. The summed E-state index contributed by atoms with van der Waals surface area (Å²) in [6, 6.07) is 13.3. The van der Waals surface area contributed by atoms with Crippen LogP contribution in [-0.4, -0.2) is 5.11 Å². The van der Waals surface area contributed by atoms with Crippen LogP contribution in [0.3, 0.4) is 0 Å². The Morgan fingerprint density at radius 3 is 2.29 bits per heavy atom. The molecule has 0 radical (unpaired) electrons. The molecule has 0 spiro atoms. The number of phenols is 1. The molecule has 0 saturated carbocycles. The van der Waals surface area contributed by atoms with Crippen LogP contribution in [0.1, 0.15) is 17.3 Å². The van der Waals surface area contributed by atoms with E-state index >= 15 is 0 Å². The number of aromatic hydroxyl groups is 1. The SMILES string of the molecule is Cc1ccc(O)c(C2N=c3ccccc3=N2)c1. The molecule has 2 aromatic rings. The molecule has 3 rings (SSSR count). The van der Waals surface area contributed by atoms with Gasteiger partial charge in [-0.3, -0.25) is 9.98 Å². The van der Waals surface area contributed by atoms with Gasteiger partial charge in [-0.25, -0.2) is 0 Å². The lowest BCUT2D eigenvalue weighted by Gasteiger charge is -2.07. The fourth-order valence-corrected chi connectivity index (χ4v) is 1.99. The highest BCUT2D eigenvalue weighted by atomic mass is 16.3. The highest BCUT2D eigenvalue weighted by Gasteiger charge is 2.16. The van der Waals surface area contributed by atoms with Crippen LogP contribution in [0.2, 0.25) is 0 Å². The molecule has 0 fully saturated rings. The molecule has 0 amide bonds. The van der Waals surface area contributed by atoms with Crippen LogP contribution in [0.15, 0.2) is 52.4 Å². The summed E-state index contributed by atoms with van der Waals surface area (Å²) in [6.45, 7) is 1.99. The molecule has 0 bridgehead atoms. The van der Waals surface area contributed by atoms with E-state index < -0.39 is 0 Å². The van der Waals surface area contributed by atoms with E-state index in [0.29, 0.717) is 0 Å². The van der Waals surface area contributed by atoms with Gasteiger partial charge in [0.2, 0.25) is 0 Å². The van der Waals surface area contributed by atoms with Crippen molar-refractivity contribution in [3.05, 3.63) is 64.3 Å². The Kier molecular flexibility index (Phi) is 2.18. The molecule has 0 saturated heterocycles. The Balaban J connectivity index is 2.14. The summed E-state index contributed by atoms with van der Waals surface area (Å²) in [7, 11) is 0. The van der Waals surface area contributed by atoms with Crippen molar-refractivity contribution >= 4 is 0 Å². The standard InChI is InChI=1S/C14H12N2O/c1-9-6-7-13(17)10(8-9)14-15-11-4-2-3-5-12(11)16-14/h2-8,14,17H,1H3. The molecule has 1 aliphatic rings. The Hall–Kier alpha value is -2.16. The first-order valence-corrected chi connectivity index (χ1v) is 5.54. The lowest BCUT2D eigenvalue weighted by molar-refractivity contribution is 0.462. The molecule has 1 heterocycles. The number of hydrogen-bond donors (Lipinski definition) is 1. The maximum absolute atomic E-state index is 9.85. The molecule has 2 aromatic carbocycles. The van der Waals surface area contributed by atoms with E-state index in [1.165, 1.54) is 0 Å². The minimum atomic E-state index is -0.313. The Morgan fingerprint density at radius 2 is 1.65 bits per heavy atom. The minimum absolute atomic E-state index is 0.251. The van der Waals surface area contributed by atoms with Gasteiger partial charge in [-0.05, 0) is 31.2 Å². The number of benzene rings is 2. The van der Waals surface area contributed by atoms with Gasteiger partial charge >= 0.3 is 0 Å². The highest BCUT2D eigenvalue weighted by molar-refractivity contribution is 5.38. The first kappa shape index (κ1) is 10.0. The second-order valence-electron chi connectivity index (χ2n) is 4.18. The molecule has 0 aromatic heterocycles. The monoisotopic (exact) mass is 224 g/mol. The average Bonchev–Trinajstić information content (AvgIpc) is 2.75. The zero-order chi connectivity index (χ0) is 11.8. The van der Waals surface area contributed by atoms with Gasteiger partial charge in [0, 0.05) is 5.56 Å². The number of hydrogen-bond acceptors (Lipinski definition) is 3. The molecule has 0 unspecified atom stereocenters. The summed E-state index contributed by atoms with van der Waals surface area (Å²) in [5.74, 6) is 0.251. The third-order valence-corrected chi connectivity index (χ3v) is 2.87. The predicted octanol–water partition coefficient (Wildman–Crippen LogP) is 1.65. The van der Waals surface area contributed by atoms with Crippen molar-refractivity contribution in [1.29, 1.82) is 0 Å². The van der Waals surface area contributed by atoms with Crippen LogP contribution >= 0.6 is 0 Å². The predicted molar refractivity (Wildman–Crippen MR) is 64.3 cm³/mol. The van der Waals surface area contributed by atoms with E-state index in [-0.39, 0.29) is 11.9 Å². The van der Waals surface area contributed by atoms with Crippen LogP contribution in [0.4, 0.5) is 0 Å². The molecular formula is C14H12N2O. The van der Waals surface area contributed by atoms with Gasteiger partial charge in [0.1, 0.15) is 5.75 Å². The van der Waals surface area contributed by atoms with Crippen molar-refractivity contribution in [3.8, 4) is 5.75 Å². The van der Waals surface area contributed by atoms with Gasteiger partial charge in [0.25, 0.3) is 0 Å². The van der Waals surface area contributed by atoms with Gasteiger partial charge in [0.15, 0.2) is 6.17 Å². The number of rotatable bonds is 1. The second-order valence-corrected chi connectivity index (χ2v) is 4.18. The molecule has 3 nitrogen and oxygen atoms in total. The van der Waals surface area contributed by atoms with E-state index in [9.17, 15) is 5.11 Å². The number of aryl methyl sites for hydroxylation is 1. The van der Waals surface area contributed by atoms with Gasteiger partial charge in [-0.2, -0.15) is 0 Å². The highest BCUT2D eigenvalue weighted by Crippen LogP contribution is 2.28. The van der Waals surface area contributed by atoms with Crippen LogP contribution in [-0.2, 0) is 0 Å². The number of nitrogens with zero attached hydrogens (tertiary/aromatic N) is 2. The zero-order valence-corrected chi connectivity index (χ0v) is 9.46. The van der Waals surface area contributed by atoms with E-state index in [1.54, 1.807) is 6.07 Å². The zero-order valence-electron chi connectivity index (χ0n) is 9.46. The summed E-state index contributed by atoms with van der Waals surface area (Å²) in [5.41, 5.74) is 1.86. The molecule has 3 heteroatoms. The smallest absolute Gasteiger partial charge is 0.170 e. The van der Waals surface area contributed by atoms with Crippen LogP contribution in [0.5, 0.6) is 5.75 Å². The van der Waals surface area contributed by atoms with Crippen molar-refractivity contribution in [3.63, 3.8) is 0 Å². The van der Waals surface area contributed by atoms with E-state index in [4.69, 9.17) is 0 Å². The third-order valence-electron chi connectivity index (χ3n) is 2.87. The largest absolute Gasteiger partial charge is 0.508 e. The van der Waals surface area contributed by atoms with Crippen molar-refractivity contribution in [1.82, 2.24) is 0 Å². The van der Waals surface area contributed by atoms with Crippen molar-refractivity contribution in [2.24, 2.45) is 9.98 Å². The fraction of sp³-hybridized carbons (Fsp3) is 0.143. The number of phenolic OH excluding ortho intramolecular Hbond substituents is 1. The number of fused-ring (bicyclic) bond motifs is 1. The quantitative estimate of drug-likeness (QED) is 0.786. The maximum atomic E-state index is 9.85. The lowest BCUT2D eigenvalue weighted by Crippen LogP contribution is -2.19.